The number of fused-ring (bicyclic) bond motifs is 1. The molecular formula is C24H42N2O. The maximum Gasteiger partial charge on any atom is 0.253 e. The third-order valence-corrected chi connectivity index (χ3v) is 6.12. The number of unbranched alkanes of at least 4 members (excludes halogenated alkanes) is 12. The van der Waals surface area contributed by atoms with E-state index in [0.717, 1.165) is 24.5 Å². The minimum atomic E-state index is 0.146. The summed E-state index contributed by atoms with van der Waals surface area (Å²) in [7, 11) is 0. The molecule has 3 nitrogen and oxygen atoms in total. The van der Waals surface area contributed by atoms with Gasteiger partial charge < -0.3 is 0 Å². The van der Waals surface area contributed by atoms with Crippen molar-refractivity contribution in [2.45, 2.75) is 129 Å². The van der Waals surface area contributed by atoms with Gasteiger partial charge in [-0.25, -0.2) is 4.98 Å². The largest absolute Gasteiger partial charge is 0.296 e. The van der Waals surface area contributed by atoms with Gasteiger partial charge >= 0.3 is 0 Å². The van der Waals surface area contributed by atoms with Crippen LogP contribution in [0.15, 0.2) is 10.9 Å². The summed E-state index contributed by atoms with van der Waals surface area (Å²) in [5, 5.41) is 0. The van der Waals surface area contributed by atoms with Gasteiger partial charge in [-0.3, -0.25) is 9.36 Å². The molecule has 1 atom stereocenters. The maximum atomic E-state index is 12.1. The van der Waals surface area contributed by atoms with Gasteiger partial charge in [0.1, 0.15) is 5.82 Å². The van der Waals surface area contributed by atoms with Gasteiger partial charge in [-0.1, -0.05) is 90.4 Å². The molecule has 27 heavy (non-hydrogen) atoms. The summed E-state index contributed by atoms with van der Waals surface area (Å²) in [4.78, 5) is 16.8. The number of nitrogens with zero attached hydrogens (tertiary/aromatic N) is 2. The molecule has 3 heteroatoms. The lowest BCUT2D eigenvalue weighted by Gasteiger charge is -2.26. The van der Waals surface area contributed by atoms with Crippen LogP contribution in [0.3, 0.4) is 0 Å². The fraction of sp³-hybridized carbons (Fsp3) is 0.833. The molecule has 0 amide bonds. The molecule has 0 bridgehead atoms. The van der Waals surface area contributed by atoms with Crippen LogP contribution in [0.4, 0.5) is 0 Å². The standard InChI is InChI=1S/C24H42N2O/c1-3-4-5-6-7-8-9-10-11-12-13-14-15-17-22-18-16-19-26-23(27)20-21(2)25-24(22)26/h20,22H,3-19H2,1-2H3. The molecule has 2 heterocycles. The summed E-state index contributed by atoms with van der Waals surface area (Å²) < 4.78 is 1.92. The van der Waals surface area contributed by atoms with Crippen molar-refractivity contribution in [3.05, 3.63) is 27.9 Å². The fourth-order valence-corrected chi connectivity index (χ4v) is 4.49. The van der Waals surface area contributed by atoms with Crippen molar-refractivity contribution < 1.29 is 0 Å². The van der Waals surface area contributed by atoms with Crippen molar-refractivity contribution in [1.29, 1.82) is 0 Å². The van der Waals surface area contributed by atoms with Crippen molar-refractivity contribution >= 4 is 0 Å². The molecule has 1 unspecified atom stereocenters. The van der Waals surface area contributed by atoms with Crippen molar-refractivity contribution in [2.24, 2.45) is 0 Å². The summed E-state index contributed by atoms with van der Waals surface area (Å²) >= 11 is 0. The second-order valence-corrected chi connectivity index (χ2v) is 8.62. The number of aromatic nitrogens is 2. The molecule has 0 fully saturated rings. The molecule has 0 saturated carbocycles. The van der Waals surface area contributed by atoms with Crippen LogP contribution in [0.25, 0.3) is 0 Å². The number of rotatable bonds is 14. The molecule has 1 aromatic heterocycles. The molecule has 0 saturated heterocycles. The van der Waals surface area contributed by atoms with E-state index in [9.17, 15) is 4.79 Å². The topological polar surface area (TPSA) is 34.9 Å². The molecule has 0 radical (unpaired) electrons. The predicted octanol–water partition coefficient (Wildman–Crippen LogP) is 6.91. The number of hydrogen-bond donors (Lipinski definition) is 0. The van der Waals surface area contributed by atoms with Crippen molar-refractivity contribution in [2.75, 3.05) is 0 Å². The SMILES string of the molecule is CCCCCCCCCCCCCCCC1CCCn2c1nc(C)cc2=O. The Morgan fingerprint density at radius 1 is 0.926 bits per heavy atom. The van der Waals surface area contributed by atoms with E-state index in [4.69, 9.17) is 4.98 Å². The minimum absolute atomic E-state index is 0.146. The van der Waals surface area contributed by atoms with E-state index < -0.39 is 0 Å². The number of aryl methyl sites for hydroxylation is 1. The first kappa shape index (κ1) is 22.2. The third-order valence-electron chi connectivity index (χ3n) is 6.12. The van der Waals surface area contributed by atoms with E-state index >= 15 is 0 Å². The summed E-state index contributed by atoms with van der Waals surface area (Å²) in [6.45, 7) is 5.09. The van der Waals surface area contributed by atoms with Gasteiger partial charge in [0.25, 0.3) is 5.56 Å². The minimum Gasteiger partial charge on any atom is -0.296 e. The van der Waals surface area contributed by atoms with Crippen molar-refractivity contribution in [1.82, 2.24) is 9.55 Å². The normalized spacial score (nSPS) is 16.4. The molecule has 0 aliphatic carbocycles. The molecular weight excluding hydrogens is 332 g/mol. The third kappa shape index (κ3) is 8.19. The van der Waals surface area contributed by atoms with Crippen LogP contribution in [0.1, 0.15) is 127 Å². The average Bonchev–Trinajstić information content (AvgIpc) is 2.66. The van der Waals surface area contributed by atoms with Gasteiger partial charge in [0.15, 0.2) is 0 Å². The Hall–Kier alpha value is -1.12. The van der Waals surface area contributed by atoms with Crippen LogP contribution in [-0.2, 0) is 6.54 Å². The van der Waals surface area contributed by atoms with Gasteiger partial charge in [-0.2, -0.15) is 0 Å². The molecule has 0 spiro atoms. The van der Waals surface area contributed by atoms with E-state index in [1.165, 1.54) is 96.3 Å². The molecule has 1 aliphatic rings. The van der Waals surface area contributed by atoms with E-state index in [1.807, 2.05) is 11.5 Å². The Kier molecular flexibility index (Phi) is 10.8. The van der Waals surface area contributed by atoms with Crippen LogP contribution in [-0.4, -0.2) is 9.55 Å². The quantitative estimate of drug-likeness (QED) is 0.332. The smallest absolute Gasteiger partial charge is 0.253 e. The molecule has 0 aromatic carbocycles. The predicted molar refractivity (Wildman–Crippen MR) is 116 cm³/mol. The zero-order valence-electron chi connectivity index (χ0n) is 18.0. The lowest BCUT2D eigenvalue weighted by atomic mass is 9.92. The van der Waals surface area contributed by atoms with Gasteiger partial charge in [-0.05, 0) is 26.2 Å². The van der Waals surface area contributed by atoms with Gasteiger partial charge in [0, 0.05) is 24.2 Å². The highest BCUT2D eigenvalue weighted by Gasteiger charge is 2.22. The lowest BCUT2D eigenvalue weighted by molar-refractivity contribution is 0.393. The van der Waals surface area contributed by atoms with E-state index in [1.54, 1.807) is 6.07 Å². The van der Waals surface area contributed by atoms with Gasteiger partial charge in [-0.15, -0.1) is 0 Å². The highest BCUT2D eigenvalue weighted by Crippen LogP contribution is 2.29. The van der Waals surface area contributed by atoms with E-state index in [-0.39, 0.29) is 5.56 Å². The molecule has 1 aliphatic heterocycles. The molecule has 2 rings (SSSR count). The number of hydrogen-bond acceptors (Lipinski definition) is 2. The Bertz CT molecular complexity index is 578. The molecule has 154 valence electrons. The Labute approximate surface area is 167 Å². The molecule has 1 aromatic rings. The van der Waals surface area contributed by atoms with Gasteiger partial charge in [0.05, 0.1) is 0 Å². The first-order valence-electron chi connectivity index (χ1n) is 11.8. The van der Waals surface area contributed by atoms with Crippen LogP contribution in [0, 0.1) is 6.92 Å². The second-order valence-electron chi connectivity index (χ2n) is 8.62. The highest BCUT2D eigenvalue weighted by atomic mass is 16.1. The van der Waals surface area contributed by atoms with E-state index in [0.29, 0.717) is 5.92 Å². The van der Waals surface area contributed by atoms with Crippen molar-refractivity contribution in [3.8, 4) is 0 Å². The first-order chi connectivity index (χ1) is 13.2. The zero-order valence-corrected chi connectivity index (χ0v) is 18.0. The Morgan fingerprint density at radius 2 is 1.48 bits per heavy atom. The van der Waals surface area contributed by atoms with Crippen LogP contribution >= 0.6 is 0 Å². The van der Waals surface area contributed by atoms with Crippen LogP contribution in [0.2, 0.25) is 0 Å². The lowest BCUT2D eigenvalue weighted by Crippen LogP contribution is -2.30. The van der Waals surface area contributed by atoms with E-state index in [2.05, 4.69) is 6.92 Å². The summed E-state index contributed by atoms with van der Waals surface area (Å²) in [6, 6.07) is 1.68. The van der Waals surface area contributed by atoms with Crippen LogP contribution in [0.5, 0.6) is 0 Å². The highest BCUT2D eigenvalue weighted by molar-refractivity contribution is 5.08. The first-order valence-corrected chi connectivity index (χ1v) is 11.8. The summed E-state index contributed by atoms with van der Waals surface area (Å²) in [5.74, 6) is 1.56. The maximum absolute atomic E-state index is 12.1. The van der Waals surface area contributed by atoms with Gasteiger partial charge in [0.2, 0.25) is 0 Å². The fourth-order valence-electron chi connectivity index (χ4n) is 4.49. The summed E-state index contributed by atoms with van der Waals surface area (Å²) in [6.07, 6.45) is 21.7. The monoisotopic (exact) mass is 374 g/mol. The zero-order chi connectivity index (χ0) is 19.3. The second kappa shape index (κ2) is 13.1. The Morgan fingerprint density at radius 3 is 2.07 bits per heavy atom. The summed E-state index contributed by atoms with van der Waals surface area (Å²) in [5.41, 5.74) is 1.02. The van der Waals surface area contributed by atoms with Crippen molar-refractivity contribution in [3.63, 3.8) is 0 Å². The average molecular weight is 375 g/mol. The van der Waals surface area contributed by atoms with Crippen LogP contribution < -0.4 is 5.56 Å². The Balaban J connectivity index is 1.50. The molecule has 0 N–H and O–H groups in total.